The number of nitrogens with zero attached hydrogens (tertiary/aromatic N) is 2. The molecule has 2 fully saturated rings. The highest BCUT2D eigenvalue weighted by Crippen LogP contribution is 2.48. The Hall–Kier alpha value is -3.46. The lowest BCUT2D eigenvalue weighted by atomic mass is 9.95. The molecule has 9 heteroatoms. The second-order valence-electron chi connectivity index (χ2n) is 10.0. The fourth-order valence-electron chi connectivity index (χ4n) is 5.49. The summed E-state index contributed by atoms with van der Waals surface area (Å²) in [5.41, 5.74) is -0.832. The summed E-state index contributed by atoms with van der Waals surface area (Å²) in [5, 5.41) is 0. The first-order valence-corrected chi connectivity index (χ1v) is 13.1. The second kappa shape index (κ2) is 11.3. The molecule has 1 heterocycles. The van der Waals surface area contributed by atoms with Crippen molar-refractivity contribution in [1.82, 2.24) is 0 Å². The Morgan fingerprint density at radius 3 is 2.26 bits per heavy atom. The lowest BCUT2D eigenvalue weighted by Gasteiger charge is -2.33. The molecule has 0 aromatic heterocycles. The standard InChI is InChI=1S/C30H29F5N2O2/c31-26-11-10-21(17-27(26)32)24-18-23(36-12-14-39-15-13-36)19-25(30(33,34)35)29(24)37(22-8-2-1-3-9-22)28(38)16-20-6-4-5-7-20/h1-3,8-11,17-20H,4-7,12-16H2. The van der Waals surface area contributed by atoms with Gasteiger partial charge < -0.3 is 9.64 Å². The van der Waals surface area contributed by atoms with Gasteiger partial charge in [-0.15, -0.1) is 0 Å². The molecule has 3 aromatic carbocycles. The molecule has 2 aliphatic rings. The number of hydrogen-bond donors (Lipinski definition) is 0. The minimum absolute atomic E-state index is 0.00570. The van der Waals surface area contributed by atoms with Crippen molar-refractivity contribution >= 4 is 23.0 Å². The number of ether oxygens (including phenoxy) is 1. The Kier molecular flexibility index (Phi) is 7.88. The summed E-state index contributed by atoms with van der Waals surface area (Å²) in [5.74, 6) is -2.69. The number of carbonyl (C=O) groups excluding carboxylic acids is 1. The zero-order valence-corrected chi connectivity index (χ0v) is 21.3. The topological polar surface area (TPSA) is 32.8 Å². The molecule has 0 spiro atoms. The number of alkyl halides is 3. The maximum absolute atomic E-state index is 14.9. The van der Waals surface area contributed by atoms with Crippen LogP contribution in [0, 0.1) is 17.6 Å². The normalized spacial score (nSPS) is 16.5. The first kappa shape index (κ1) is 27.1. The molecule has 4 nitrogen and oxygen atoms in total. The molecule has 1 aliphatic carbocycles. The highest BCUT2D eigenvalue weighted by atomic mass is 19.4. The van der Waals surface area contributed by atoms with Gasteiger partial charge in [0, 0.05) is 36.4 Å². The summed E-state index contributed by atoms with van der Waals surface area (Å²) in [6.07, 6.45) is -1.11. The summed E-state index contributed by atoms with van der Waals surface area (Å²) in [7, 11) is 0. The largest absolute Gasteiger partial charge is 0.418 e. The first-order valence-electron chi connectivity index (χ1n) is 13.1. The molecule has 1 saturated carbocycles. The van der Waals surface area contributed by atoms with E-state index in [1.807, 2.05) is 0 Å². The van der Waals surface area contributed by atoms with E-state index < -0.39 is 29.3 Å². The van der Waals surface area contributed by atoms with E-state index in [9.17, 15) is 26.7 Å². The summed E-state index contributed by atoms with van der Waals surface area (Å²) < 4.78 is 78.3. The van der Waals surface area contributed by atoms with Crippen LogP contribution in [0.4, 0.5) is 39.0 Å². The zero-order valence-electron chi connectivity index (χ0n) is 21.3. The molecule has 1 aliphatic heterocycles. The van der Waals surface area contributed by atoms with Crippen molar-refractivity contribution in [2.24, 2.45) is 5.92 Å². The van der Waals surface area contributed by atoms with E-state index in [1.54, 1.807) is 35.2 Å². The van der Waals surface area contributed by atoms with Crippen LogP contribution < -0.4 is 9.80 Å². The lowest BCUT2D eigenvalue weighted by Crippen LogP contribution is -2.36. The smallest absolute Gasteiger partial charge is 0.378 e. The minimum Gasteiger partial charge on any atom is -0.378 e. The van der Waals surface area contributed by atoms with Crippen LogP contribution in [0.2, 0.25) is 0 Å². The Morgan fingerprint density at radius 1 is 0.923 bits per heavy atom. The third kappa shape index (κ3) is 5.93. The number of hydrogen-bond acceptors (Lipinski definition) is 3. The van der Waals surface area contributed by atoms with E-state index in [0.29, 0.717) is 26.3 Å². The van der Waals surface area contributed by atoms with E-state index in [0.717, 1.165) is 48.8 Å². The van der Waals surface area contributed by atoms with E-state index in [-0.39, 0.29) is 40.5 Å². The quantitative estimate of drug-likeness (QED) is 0.298. The third-order valence-corrected chi connectivity index (χ3v) is 7.43. The molecular formula is C30H29F5N2O2. The van der Waals surface area contributed by atoms with Gasteiger partial charge in [-0.25, -0.2) is 8.78 Å². The van der Waals surface area contributed by atoms with Gasteiger partial charge in [0.1, 0.15) is 0 Å². The van der Waals surface area contributed by atoms with Gasteiger partial charge in [-0.05, 0) is 60.7 Å². The molecule has 1 amide bonds. The fraction of sp³-hybridized carbons (Fsp3) is 0.367. The molecule has 1 saturated heterocycles. The molecule has 3 aromatic rings. The number of para-hydroxylation sites is 1. The SMILES string of the molecule is O=C(CC1CCCC1)N(c1ccccc1)c1c(-c2ccc(F)c(F)c2)cc(N2CCOCC2)cc1C(F)(F)F. The van der Waals surface area contributed by atoms with Gasteiger partial charge in [0.25, 0.3) is 0 Å². The van der Waals surface area contributed by atoms with Crippen molar-refractivity contribution in [2.75, 3.05) is 36.1 Å². The predicted octanol–water partition coefficient (Wildman–Crippen LogP) is 7.73. The monoisotopic (exact) mass is 544 g/mol. The Labute approximate surface area is 224 Å². The second-order valence-corrected chi connectivity index (χ2v) is 10.0. The zero-order chi connectivity index (χ0) is 27.6. The minimum atomic E-state index is -4.84. The molecule has 0 bridgehead atoms. The molecule has 206 valence electrons. The van der Waals surface area contributed by atoms with Gasteiger partial charge in [0.15, 0.2) is 11.6 Å². The molecule has 0 unspecified atom stereocenters. The molecule has 5 rings (SSSR count). The number of anilines is 3. The number of morpholine rings is 1. The molecular weight excluding hydrogens is 515 g/mol. The van der Waals surface area contributed by atoms with Crippen LogP contribution >= 0.6 is 0 Å². The van der Waals surface area contributed by atoms with Gasteiger partial charge in [0.2, 0.25) is 5.91 Å². The average Bonchev–Trinajstić information content (AvgIpc) is 3.44. The Bertz CT molecular complexity index is 1320. The number of amides is 1. The van der Waals surface area contributed by atoms with Crippen molar-refractivity contribution in [3.63, 3.8) is 0 Å². The van der Waals surface area contributed by atoms with Crippen LogP contribution in [0.1, 0.15) is 37.7 Å². The number of carbonyl (C=O) groups is 1. The van der Waals surface area contributed by atoms with Crippen LogP contribution in [0.5, 0.6) is 0 Å². The molecule has 39 heavy (non-hydrogen) atoms. The Morgan fingerprint density at radius 2 is 1.62 bits per heavy atom. The van der Waals surface area contributed by atoms with Gasteiger partial charge in [-0.2, -0.15) is 13.2 Å². The van der Waals surface area contributed by atoms with Crippen molar-refractivity contribution < 1.29 is 31.5 Å². The van der Waals surface area contributed by atoms with Gasteiger partial charge in [-0.3, -0.25) is 9.69 Å². The summed E-state index contributed by atoms with van der Waals surface area (Å²) in [6.45, 7) is 1.44. The predicted molar refractivity (Wildman–Crippen MR) is 140 cm³/mol. The first-order chi connectivity index (χ1) is 18.7. The maximum atomic E-state index is 14.9. The van der Waals surface area contributed by atoms with Gasteiger partial charge in [0.05, 0.1) is 24.5 Å². The lowest BCUT2D eigenvalue weighted by molar-refractivity contribution is -0.137. The van der Waals surface area contributed by atoms with Crippen molar-refractivity contribution in [3.8, 4) is 11.1 Å². The highest BCUT2D eigenvalue weighted by Gasteiger charge is 2.40. The van der Waals surface area contributed by atoms with E-state index >= 15 is 0 Å². The van der Waals surface area contributed by atoms with Gasteiger partial charge >= 0.3 is 6.18 Å². The number of rotatable bonds is 6. The number of halogens is 5. The van der Waals surface area contributed by atoms with E-state index in [2.05, 4.69) is 0 Å². The van der Waals surface area contributed by atoms with Crippen molar-refractivity contribution in [2.45, 2.75) is 38.3 Å². The molecule has 0 N–H and O–H groups in total. The third-order valence-electron chi connectivity index (χ3n) is 7.43. The maximum Gasteiger partial charge on any atom is 0.418 e. The van der Waals surface area contributed by atoms with E-state index in [1.165, 1.54) is 12.1 Å². The van der Waals surface area contributed by atoms with Crippen LogP contribution in [0.25, 0.3) is 11.1 Å². The summed E-state index contributed by atoms with van der Waals surface area (Å²) >= 11 is 0. The van der Waals surface area contributed by atoms with Crippen molar-refractivity contribution in [3.05, 3.63) is 77.9 Å². The van der Waals surface area contributed by atoms with Gasteiger partial charge in [-0.1, -0.05) is 37.1 Å². The van der Waals surface area contributed by atoms with Crippen LogP contribution in [-0.2, 0) is 15.7 Å². The van der Waals surface area contributed by atoms with E-state index in [4.69, 9.17) is 4.74 Å². The Balaban J connectivity index is 1.77. The molecule has 0 atom stereocenters. The van der Waals surface area contributed by atoms with Crippen LogP contribution in [0.3, 0.4) is 0 Å². The van der Waals surface area contributed by atoms with Crippen LogP contribution in [-0.4, -0.2) is 32.2 Å². The summed E-state index contributed by atoms with van der Waals surface area (Å²) in [4.78, 5) is 16.7. The van der Waals surface area contributed by atoms with Crippen molar-refractivity contribution in [1.29, 1.82) is 0 Å². The summed E-state index contributed by atoms with van der Waals surface area (Å²) in [6, 6.07) is 13.8. The highest BCUT2D eigenvalue weighted by molar-refractivity contribution is 6.05. The number of benzene rings is 3. The van der Waals surface area contributed by atoms with Crippen LogP contribution in [0.15, 0.2) is 60.7 Å². The average molecular weight is 545 g/mol. The fourth-order valence-corrected chi connectivity index (χ4v) is 5.49. The molecule has 0 radical (unpaired) electrons.